The number of aliphatic hydroxyl groups excluding tert-OH is 1. The summed E-state index contributed by atoms with van der Waals surface area (Å²) in [4.78, 5) is 20.4. The van der Waals surface area contributed by atoms with E-state index in [0.29, 0.717) is 23.1 Å². The van der Waals surface area contributed by atoms with Crippen molar-refractivity contribution in [3.63, 3.8) is 0 Å². The summed E-state index contributed by atoms with van der Waals surface area (Å²) in [7, 11) is 0. The van der Waals surface area contributed by atoms with Gasteiger partial charge in [0.25, 0.3) is 5.91 Å². The van der Waals surface area contributed by atoms with Crippen LogP contribution in [0.5, 0.6) is 0 Å². The van der Waals surface area contributed by atoms with Crippen LogP contribution in [0.3, 0.4) is 0 Å². The third kappa shape index (κ3) is 5.46. The lowest BCUT2D eigenvalue weighted by molar-refractivity contribution is 0.100. The van der Waals surface area contributed by atoms with Gasteiger partial charge < -0.3 is 16.2 Å². The molecule has 1 heterocycles. The molecule has 23 heavy (non-hydrogen) atoms. The van der Waals surface area contributed by atoms with Gasteiger partial charge in [0.1, 0.15) is 11.6 Å². The number of anilines is 1. The van der Waals surface area contributed by atoms with Gasteiger partial charge in [-0.2, -0.15) is 0 Å². The van der Waals surface area contributed by atoms with Crippen LogP contribution in [0, 0.1) is 5.92 Å². The lowest BCUT2D eigenvalue weighted by Crippen LogP contribution is -2.29. The predicted octanol–water partition coefficient (Wildman–Crippen LogP) is 2.27. The van der Waals surface area contributed by atoms with E-state index in [-0.39, 0.29) is 11.6 Å². The van der Waals surface area contributed by atoms with Crippen molar-refractivity contribution in [1.82, 2.24) is 9.97 Å². The van der Waals surface area contributed by atoms with Crippen LogP contribution in [0.4, 0.5) is 5.82 Å². The number of hydrogen-bond acceptors (Lipinski definition) is 5. The highest BCUT2D eigenvalue weighted by Crippen LogP contribution is 2.26. The Morgan fingerprint density at radius 3 is 2.74 bits per heavy atom. The molecular weight excluding hydrogens is 292 g/mol. The first kappa shape index (κ1) is 17.7. The number of nitrogens with zero attached hydrogens (tertiary/aromatic N) is 2. The number of nitrogens with two attached hydrogens (primary N) is 1. The molecule has 1 aromatic heterocycles. The van der Waals surface area contributed by atoms with Crippen LogP contribution in [0.25, 0.3) is 0 Å². The zero-order chi connectivity index (χ0) is 17.0. The van der Waals surface area contributed by atoms with E-state index in [1.807, 2.05) is 20.8 Å². The van der Waals surface area contributed by atoms with Gasteiger partial charge in [0.15, 0.2) is 0 Å². The zero-order valence-corrected chi connectivity index (χ0v) is 14.3. The number of primary amides is 1. The molecule has 0 radical (unpaired) electrons. The fraction of sp³-hybridized carbons (Fsp3) is 0.706. The SMILES string of the molecule is CC(C)(C)Nc1nc(C[C@@H]2CCCC[C@H](O)C2)ncc1C(N)=O. The van der Waals surface area contributed by atoms with Crippen molar-refractivity contribution in [1.29, 1.82) is 0 Å². The van der Waals surface area contributed by atoms with E-state index < -0.39 is 5.91 Å². The highest BCUT2D eigenvalue weighted by molar-refractivity contribution is 5.97. The molecule has 0 spiro atoms. The molecule has 6 heteroatoms. The standard InChI is InChI=1S/C17H28N4O2/c1-17(2,3)21-16-13(15(18)23)10-19-14(20-16)9-11-6-4-5-7-12(22)8-11/h10-12,22H,4-9H2,1-3H3,(H2,18,23)(H,19,20,21)/t11-,12+/m1/s1. The molecule has 128 valence electrons. The van der Waals surface area contributed by atoms with Gasteiger partial charge in [0, 0.05) is 18.2 Å². The maximum absolute atomic E-state index is 11.6. The first-order chi connectivity index (χ1) is 10.7. The average molecular weight is 320 g/mol. The number of carbonyl (C=O) groups is 1. The molecule has 1 aliphatic carbocycles. The summed E-state index contributed by atoms with van der Waals surface area (Å²) in [5.41, 5.74) is 5.50. The summed E-state index contributed by atoms with van der Waals surface area (Å²) in [5, 5.41) is 13.2. The summed E-state index contributed by atoms with van der Waals surface area (Å²) >= 11 is 0. The average Bonchev–Trinajstić information content (AvgIpc) is 2.61. The van der Waals surface area contributed by atoms with Crippen LogP contribution in [-0.2, 0) is 6.42 Å². The minimum absolute atomic E-state index is 0.223. The fourth-order valence-corrected chi connectivity index (χ4v) is 3.02. The summed E-state index contributed by atoms with van der Waals surface area (Å²) in [6, 6.07) is 0. The van der Waals surface area contributed by atoms with Crippen LogP contribution in [0.2, 0.25) is 0 Å². The first-order valence-electron chi connectivity index (χ1n) is 8.36. The van der Waals surface area contributed by atoms with E-state index in [4.69, 9.17) is 5.73 Å². The van der Waals surface area contributed by atoms with E-state index in [0.717, 1.165) is 38.5 Å². The predicted molar refractivity (Wildman–Crippen MR) is 90.2 cm³/mol. The number of nitrogens with one attached hydrogen (secondary N) is 1. The first-order valence-corrected chi connectivity index (χ1v) is 8.36. The van der Waals surface area contributed by atoms with Gasteiger partial charge in [-0.3, -0.25) is 4.79 Å². The van der Waals surface area contributed by atoms with Crippen molar-refractivity contribution in [2.75, 3.05) is 5.32 Å². The summed E-state index contributed by atoms with van der Waals surface area (Å²) < 4.78 is 0. The molecule has 1 aromatic rings. The molecule has 1 fully saturated rings. The molecule has 0 unspecified atom stereocenters. The Balaban J connectivity index is 2.19. The molecule has 0 bridgehead atoms. The van der Waals surface area contributed by atoms with Crippen molar-refractivity contribution in [2.24, 2.45) is 11.7 Å². The van der Waals surface area contributed by atoms with Crippen molar-refractivity contribution < 1.29 is 9.90 Å². The second-order valence-electron chi connectivity index (χ2n) is 7.53. The minimum Gasteiger partial charge on any atom is -0.393 e. The Labute approximate surface area is 137 Å². The molecule has 1 aliphatic rings. The van der Waals surface area contributed by atoms with Crippen molar-refractivity contribution >= 4 is 11.7 Å². The van der Waals surface area contributed by atoms with Crippen LogP contribution in [0.1, 0.15) is 69.1 Å². The largest absolute Gasteiger partial charge is 0.393 e. The van der Waals surface area contributed by atoms with Crippen LogP contribution in [-0.4, -0.2) is 32.6 Å². The smallest absolute Gasteiger partial charge is 0.254 e. The highest BCUT2D eigenvalue weighted by Gasteiger charge is 2.22. The Kier molecular flexibility index (Phi) is 5.57. The van der Waals surface area contributed by atoms with Gasteiger partial charge in [0.05, 0.1) is 11.7 Å². The topological polar surface area (TPSA) is 101 Å². The molecule has 6 nitrogen and oxygen atoms in total. The lowest BCUT2D eigenvalue weighted by atomic mass is 9.95. The summed E-state index contributed by atoms with van der Waals surface area (Å²) in [6.45, 7) is 6.00. The van der Waals surface area contributed by atoms with Crippen molar-refractivity contribution in [3.05, 3.63) is 17.6 Å². The Morgan fingerprint density at radius 2 is 2.09 bits per heavy atom. The molecule has 2 atom stereocenters. The molecule has 2 rings (SSSR count). The maximum Gasteiger partial charge on any atom is 0.254 e. The number of hydrogen-bond donors (Lipinski definition) is 3. The summed E-state index contributed by atoms with van der Waals surface area (Å²) in [6.07, 6.45) is 6.97. The van der Waals surface area contributed by atoms with Crippen LogP contribution >= 0.6 is 0 Å². The van der Waals surface area contributed by atoms with Gasteiger partial charge in [0.2, 0.25) is 0 Å². The van der Waals surface area contributed by atoms with E-state index in [1.165, 1.54) is 6.20 Å². The number of aliphatic hydroxyl groups is 1. The Bertz CT molecular complexity index is 554. The van der Waals surface area contributed by atoms with Gasteiger partial charge in [-0.15, -0.1) is 0 Å². The van der Waals surface area contributed by atoms with Gasteiger partial charge in [-0.1, -0.05) is 12.8 Å². The van der Waals surface area contributed by atoms with Crippen LogP contribution in [0.15, 0.2) is 6.20 Å². The minimum atomic E-state index is -0.534. The Hall–Kier alpha value is -1.69. The number of rotatable bonds is 4. The molecule has 1 amide bonds. The van der Waals surface area contributed by atoms with Crippen molar-refractivity contribution in [2.45, 2.75) is 70.9 Å². The second kappa shape index (κ2) is 7.25. The molecular formula is C17H28N4O2. The Morgan fingerprint density at radius 1 is 1.39 bits per heavy atom. The molecule has 0 aliphatic heterocycles. The number of amides is 1. The third-order valence-corrected chi connectivity index (χ3v) is 4.07. The highest BCUT2D eigenvalue weighted by atomic mass is 16.3. The molecule has 4 N–H and O–H groups in total. The van der Waals surface area contributed by atoms with E-state index in [9.17, 15) is 9.90 Å². The molecule has 1 saturated carbocycles. The van der Waals surface area contributed by atoms with E-state index >= 15 is 0 Å². The maximum atomic E-state index is 11.6. The zero-order valence-electron chi connectivity index (χ0n) is 14.3. The lowest BCUT2D eigenvalue weighted by Gasteiger charge is -2.23. The number of aromatic nitrogens is 2. The van der Waals surface area contributed by atoms with E-state index in [1.54, 1.807) is 0 Å². The molecule has 0 aromatic carbocycles. The van der Waals surface area contributed by atoms with Gasteiger partial charge in [-0.25, -0.2) is 9.97 Å². The fourth-order valence-electron chi connectivity index (χ4n) is 3.02. The van der Waals surface area contributed by atoms with Gasteiger partial charge in [-0.05, 0) is 46.0 Å². The van der Waals surface area contributed by atoms with Gasteiger partial charge >= 0.3 is 0 Å². The summed E-state index contributed by atoms with van der Waals surface area (Å²) in [5.74, 6) is 1.03. The van der Waals surface area contributed by atoms with E-state index in [2.05, 4.69) is 15.3 Å². The third-order valence-electron chi connectivity index (χ3n) is 4.07. The molecule has 0 saturated heterocycles. The normalized spacial score (nSPS) is 22.4. The van der Waals surface area contributed by atoms with Crippen molar-refractivity contribution in [3.8, 4) is 0 Å². The van der Waals surface area contributed by atoms with Crippen LogP contribution < -0.4 is 11.1 Å². The second-order valence-corrected chi connectivity index (χ2v) is 7.53. The number of carbonyl (C=O) groups excluding carboxylic acids is 1. The quantitative estimate of drug-likeness (QED) is 0.739. The monoisotopic (exact) mass is 320 g/mol.